The minimum Gasteiger partial charge on any atom is -0.547 e. The van der Waals surface area contributed by atoms with E-state index in [0.29, 0.717) is 0 Å². The van der Waals surface area contributed by atoms with Crippen LogP contribution >= 0.6 is 0 Å². The van der Waals surface area contributed by atoms with Crippen LogP contribution in [0.3, 0.4) is 0 Å². The first-order valence-electron chi connectivity index (χ1n) is 3.31. The van der Waals surface area contributed by atoms with E-state index in [0.717, 1.165) is 6.92 Å². The molecule has 1 atom stereocenters. The molecule has 0 spiro atoms. The van der Waals surface area contributed by atoms with Crippen molar-refractivity contribution in [2.75, 3.05) is 0 Å². The summed E-state index contributed by atoms with van der Waals surface area (Å²) in [7, 11) is 0. The van der Waals surface area contributed by atoms with Crippen LogP contribution in [0.5, 0.6) is 0 Å². The van der Waals surface area contributed by atoms with Crippen LogP contribution in [0.1, 0.15) is 27.2 Å². The maximum absolute atomic E-state index is 10.2. The highest BCUT2D eigenvalue weighted by atomic mass is 16.4. The Kier molecular flexibility index (Phi) is 2.64. The zero-order valence-electron chi connectivity index (χ0n) is 6.92. The first kappa shape index (κ1) is 10.4. The summed E-state index contributed by atoms with van der Waals surface area (Å²) in [5.74, 6) is -1.57. The Morgan fingerprint density at radius 2 is 1.73 bits per heavy atom. The molecular weight excluding hydrogens is 148 g/mol. The van der Waals surface area contributed by atoms with Crippen LogP contribution in [-0.2, 0) is 4.79 Å². The Morgan fingerprint density at radius 3 is 1.82 bits per heavy atom. The number of hydrogen-bond acceptors (Lipinski definition) is 4. The molecule has 0 aromatic carbocycles. The van der Waals surface area contributed by atoms with Crippen LogP contribution in [0.2, 0.25) is 0 Å². The van der Waals surface area contributed by atoms with Crippen LogP contribution in [0.4, 0.5) is 0 Å². The predicted octanol–water partition coefficient (Wildman–Crippen LogP) is -1.35. The molecular formula is C7H13O4-. The maximum atomic E-state index is 10.2. The second kappa shape index (κ2) is 2.79. The fourth-order valence-electron chi connectivity index (χ4n) is 0.915. The number of rotatable bonds is 3. The Hall–Kier alpha value is -0.610. The van der Waals surface area contributed by atoms with Crippen molar-refractivity contribution in [3.63, 3.8) is 0 Å². The fourth-order valence-corrected chi connectivity index (χ4v) is 0.915. The average Bonchev–Trinajstić information content (AvgIpc) is 1.56. The first-order valence-corrected chi connectivity index (χ1v) is 3.31. The third kappa shape index (κ3) is 3.95. The van der Waals surface area contributed by atoms with Crippen molar-refractivity contribution in [2.24, 2.45) is 0 Å². The molecule has 0 aliphatic heterocycles. The van der Waals surface area contributed by atoms with Gasteiger partial charge in [0.1, 0.15) is 5.60 Å². The van der Waals surface area contributed by atoms with Gasteiger partial charge >= 0.3 is 0 Å². The second-order valence-electron chi connectivity index (χ2n) is 3.55. The molecule has 0 aromatic heterocycles. The highest BCUT2D eigenvalue weighted by molar-refractivity contribution is 5.74. The third-order valence-corrected chi connectivity index (χ3v) is 1.22. The monoisotopic (exact) mass is 161 g/mol. The Balaban J connectivity index is 4.25. The van der Waals surface area contributed by atoms with Crippen molar-refractivity contribution in [1.29, 1.82) is 0 Å². The van der Waals surface area contributed by atoms with E-state index in [9.17, 15) is 9.90 Å². The summed E-state index contributed by atoms with van der Waals surface area (Å²) in [5.41, 5.74) is -3.16. The normalized spacial score (nSPS) is 17.5. The van der Waals surface area contributed by atoms with Gasteiger partial charge in [0.25, 0.3) is 0 Å². The number of hydrogen-bond donors (Lipinski definition) is 2. The first-order chi connectivity index (χ1) is 4.65. The molecule has 0 fully saturated rings. The van der Waals surface area contributed by atoms with Crippen molar-refractivity contribution in [3.05, 3.63) is 0 Å². The summed E-state index contributed by atoms with van der Waals surface area (Å²) in [6, 6.07) is 0. The van der Waals surface area contributed by atoms with Gasteiger partial charge < -0.3 is 20.1 Å². The molecule has 0 aromatic rings. The Bertz CT molecular complexity index is 154. The second-order valence-corrected chi connectivity index (χ2v) is 3.55. The van der Waals surface area contributed by atoms with Crippen LogP contribution in [0.15, 0.2) is 0 Å². The lowest BCUT2D eigenvalue weighted by Crippen LogP contribution is -2.49. The van der Waals surface area contributed by atoms with Crippen LogP contribution in [0.25, 0.3) is 0 Å². The fraction of sp³-hybridized carbons (Fsp3) is 0.857. The highest BCUT2D eigenvalue weighted by Gasteiger charge is 2.29. The lowest BCUT2D eigenvalue weighted by molar-refractivity contribution is -0.325. The molecule has 4 heteroatoms. The van der Waals surface area contributed by atoms with Crippen molar-refractivity contribution in [3.8, 4) is 0 Å². The van der Waals surface area contributed by atoms with Gasteiger partial charge in [0.15, 0.2) is 0 Å². The summed E-state index contributed by atoms with van der Waals surface area (Å²) in [5, 5.41) is 28.5. The van der Waals surface area contributed by atoms with E-state index in [2.05, 4.69) is 0 Å². The standard InChI is InChI=1S/C7H14O4/c1-6(2,10)4-7(3,11)5(8)9/h10-11H,4H2,1-3H3,(H,8,9)/p-1. The number of carbonyl (C=O) groups excluding carboxylic acids is 1. The maximum Gasteiger partial charge on any atom is 0.104 e. The molecule has 11 heavy (non-hydrogen) atoms. The van der Waals surface area contributed by atoms with Gasteiger partial charge in [-0.25, -0.2) is 0 Å². The number of carboxylic acids is 1. The van der Waals surface area contributed by atoms with Gasteiger partial charge in [0.05, 0.1) is 11.6 Å². The quantitative estimate of drug-likeness (QED) is 0.536. The predicted molar refractivity (Wildman–Crippen MR) is 36.5 cm³/mol. The van der Waals surface area contributed by atoms with Crippen molar-refractivity contribution >= 4 is 5.97 Å². The van der Waals surface area contributed by atoms with Crippen LogP contribution in [-0.4, -0.2) is 27.4 Å². The van der Waals surface area contributed by atoms with Crippen LogP contribution in [0, 0.1) is 0 Å². The minimum absolute atomic E-state index is 0.248. The molecule has 66 valence electrons. The van der Waals surface area contributed by atoms with E-state index in [1.54, 1.807) is 0 Å². The summed E-state index contributed by atoms with van der Waals surface area (Å²) >= 11 is 0. The van der Waals surface area contributed by atoms with Gasteiger partial charge in [-0.2, -0.15) is 0 Å². The topological polar surface area (TPSA) is 80.6 Å². The van der Waals surface area contributed by atoms with E-state index in [1.807, 2.05) is 0 Å². The molecule has 0 saturated carbocycles. The Morgan fingerprint density at radius 1 is 1.36 bits per heavy atom. The van der Waals surface area contributed by atoms with E-state index in [-0.39, 0.29) is 6.42 Å². The van der Waals surface area contributed by atoms with Gasteiger partial charge in [-0.3, -0.25) is 0 Å². The summed E-state index contributed by atoms with van der Waals surface area (Å²) in [4.78, 5) is 10.2. The molecule has 0 rings (SSSR count). The van der Waals surface area contributed by atoms with Gasteiger partial charge in [-0.15, -0.1) is 0 Å². The largest absolute Gasteiger partial charge is 0.547 e. The summed E-state index contributed by atoms with van der Waals surface area (Å²) < 4.78 is 0. The molecule has 0 aliphatic carbocycles. The molecule has 4 nitrogen and oxygen atoms in total. The molecule has 0 radical (unpaired) electrons. The molecule has 2 N–H and O–H groups in total. The van der Waals surface area contributed by atoms with E-state index < -0.39 is 17.2 Å². The van der Waals surface area contributed by atoms with Gasteiger partial charge in [0, 0.05) is 6.42 Å². The van der Waals surface area contributed by atoms with Gasteiger partial charge in [-0.1, -0.05) is 0 Å². The van der Waals surface area contributed by atoms with Crippen molar-refractivity contribution in [1.82, 2.24) is 0 Å². The highest BCUT2D eigenvalue weighted by Crippen LogP contribution is 2.18. The lowest BCUT2D eigenvalue weighted by atomic mass is 9.91. The SMILES string of the molecule is CC(C)(O)CC(C)(O)C(=O)[O-]. The van der Waals surface area contributed by atoms with Gasteiger partial charge in [0.2, 0.25) is 0 Å². The molecule has 0 bridgehead atoms. The molecule has 0 saturated heterocycles. The average molecular weight is 161 g/mol. The molecule has 1 unspecified atom stereocenters. The van der Waals surface area contributed by atoms with Crippen molar-refractivity contribution in [2.45, 2.75) is 38.4 Å². The van der Waals surface area contributed by atoms with Crippen LogP contribution < -0.4 is 5.11 Å². The number of aliphatic carboxylic acids is 1. The van der Waals surface area contributed by atoms with Gasteiger partial charge in [-0.05, 0) is 20.8 Å². The zero-order chi connectivity index (χ0) is 9.28. The molecule has 0 aliphatic rings. The van der Waals surface area contributed by atoms with Crippen molar-refractivity contribution < 1.29 is 20.1 Å². The number of carbonyl (C=O) groups is 1. The minimum atomic E-state index is -1.96. The summed E-state index contributed by atoms with van der Waals surface area (Å²) in [6.07, 6.45) is -0.248. The van der Waals surface area contributed by atoms with E-state index in [4.69, 9.17) is 10.2 Å². The van der Waals surface area contributed by atoms with E-state index >= 15 is 0 Å². The number of aliphatic hydroxyl groups is 2. The lowest BCUT2D eigenvalue weighted by Gasteiger charge is -2.30. The smallest absolute Gasteiger partial charge is 0.104 e. The zero-order valence-corrected chi connectivity index (χ0v) is 6.92. The molecule has 0 amide bonds. The third-order valence-electron chi connectivity index (χ3n) is 1.22. The van der Waals surface area contributed by atoms with E-state index in [1.165, 1.54) is 13.8 Å². The molecule has 0 heterocycles. The Labute approximate surface area is 65.5 Å². The summed E-state index contributed by atoms with van der Waals surface area (Å²) in [6.45, 7) is 3.94. The number of carboxylic acid groups (broad SMARTS) is 1.